The number of amides is 1. The third-order valence-corrected chi connectivity index (χ3v) is 5.24. The number of aromatic nitrogens is 4. The summed E-state index contributed by atoms with van der Waals surface area (Å²) in [6, 6.07) is 5.24. The molecule has 0 N–H and O–H groups in total. The molecule has 1 aliphatic heterocycles. The van der Waals surface area contributed by atoms with Crippen molar-refractivity contribution in [1.29, 1.82) is 0 Å². The molecule has 0 radical (unpaired) electrons. The highest BCUT2D eigenvalue weighted by molar-refractivity contribution is 7.12. The lowest BCUT2D eigenvalue weighted by molar-refractivity contribution is -0.144. The summed E-state index contributed by atoms with van der Waals surface area (Å²) < 4.78 is 39.9. The maximum atomic E-state index is 12.9. The van der Waals surface area contributed by atoms with Crippen LogP contribution in [0.5, 0.6) is 0 Å². The minimum atomic E-state index is -4.63. The number of thiophene rings is 1. The van der Waals surface area contributed by atoms with Crippen molar-refractivity contribution >= 4 is 23.0 Å². The van der Waals surface area contributed by atoms with Crippen LogP contribution in [0.25, 0.3) is 5.78 Å². The van der Waals surface area contributed by atoms with Crippen LogP contribution in [0, 0.1) is 0 Å². The lowest BCUT2D eigenvalue weighted by Gasteiger charge is -2.32. The predicted octanol–water partition coefficient (Wildman–Crippen LogP) is 3.22. The van der Waals surface area contributed by atoms with Gasteiger partial charge in [-0.3, -0.25) is 4.79 Å². The van der Waals surface area contributed by atoms with Gasteiger partial charge in [0.1, 0.15) is 0 Å². The Kier molecular flexibility index (Phi) is 4.14. The van der Waals surface area contributed by atoms with Crippen molar-refractivity contribution in [3.8, 4) is 0 Å². The fraction of sp³-hybridized carbons (Fsp3) is 0.375. The molecule has 26 heavy (non-hydrogen) atoms. The highest BCUT2D eigenvalue weighted by Gasteiger charge is 2.37. The number of rotatable bonds is 2. The third kappa shape index (κ3) is 3.05. The van der Waals surface area contributed by atoms with Crippen LogP contribution in [0.2, 0.25) is 0 Å². The van der Waals surface area contributed by atoms with Crippen LogP contribution in [0.1, 0.15) is 39.9 Å². The molecule has 4 heterocycles. The Morgan fingerprint density at radius 3 is 2.88 bits per heavy atom. The molecule has 3 aromatic heterocycles. The van der Waals surface area contributed by atoms with E-state index < -0.39 is 12.0 Å². The van der Waals surface area contributed by atoms with E-state index in [9.17, 15) is 18.0 Å². The van der Waals surface area contributed by atoms with Crippen molar-refractivity contribution in [2.24, 2.45) is 0 Å². The number of likely N-dealkylation sites (tertiary alicyclic amines) is 1. The van der Waals surface area contributed by atoms with Gasteiger partial charge in [-0.15, -0.1) is 16.4 Å². The smallest absolute Gasteiger partial charge is 0.337 e. The van der Waals surface area contributed by atoms with Crippen molar-refractivity contribution in [3.05, 3.63) is 46.2 Å². The molecule has 136 valence electrons. The molecule has 1 fully saturated rings. The molecule has 0 bridgehead atoms. The summed E-state index contributed by atoms with van der Waals surface area (Å²) in [7, 11) is 0. The van der Waals surface area contributed by atoms with Crippen molar-refractivity contribution in [2.75, 3.05) is 13.1 Å². The molecule has 3 aromatic rings. The predicted molar refractivity (Wildman–Crippen MR) is 88.0 cm³/mol. The number of nitrogens with zero attached hydrogens (tertiary/aromatic N) is 5. The number of halogens is 3. The minimum absolute atomic E-state index is 0.0513. The number of carbonyl (C=O) groups is 1. The summed E-state index contributed by atoms with van der Waals surface area (Å²) in [5, 5.41) is 5.44. The Labute approximate surface area is 150 Å². The Hall–Kier alpha value is -2.49. The van der Waals surface area contributed by atoms with Crippen LogP contribution < -0.4 is 0 Å². The molecule has 0 spiro atoms. The lowest BCUT2D eigenvalue weighted by Crippen LogP contribution is -2.39. The zero-order valence-corrected chi connectivity index (χ0v) is 14.3. The molecule has 10 heteroatoms. The Bertz CT molecular complexity index is 937. The van der Waals surface area contributed by atoms with Gasteiger partial charge in [0.25, 0.3) is 17.5 Å². The highest BCUT2D eigenvalue weighted by Crippen LogP contribution is 2.30. The minimum Gasteiger partial charge on any atom is -0.337 e. The van der Waals surface area contributed by atoms with Crippen molar-refractivity contribution in [2.45, 2.75) is 24.9 Å². The van der Waals surface area contributed by atoms with Crippen LogP contribution in [-0.2, 0) is 6.18 Å². The van der Waals surface area contributed by atoms with Gasteiger partial charge in [0, 0.05) is 25.2 Å². The monoisotopic (exact) mass is 381 g/mol. The Balaban J connectivity index is 1.64. The molecule has 0 aliphatic carbocycles. The van der Waals surface area contributed by atoms with Crippen molar-refractivity contribution < 1.29 is 18.0 Å². The normalized spacial score (nSPS) is 18.4. The van der Waals surface area contributed by atoms with Gasteiger partial charge in [-0.2, -0.15) is 18.2 Å². The van der Waals surface area contributed by atoms with Gasteiger partial charge in [0.05, 0.1) is 10.6 Å². The molecule has 1 atom stereocenters. The molecule has 6 nitrogen and oxygen atoms in total. The standard InChI is InChI=1S/C16H14F3N5OS/c17-16(18,19)14-21-15-20-6-5-11(24(15)22-14)10-3-1-7-23(9-10)13(25)12-4-2-8-26-12/h2,4-6,8,10H,1,3,7,9H2. The zero-order valence-electron chi connectivity index (χ0n) is 13.5. The van der Waals surface area contributed by atoms with Gasteiger partial charge < -0.3 is 4.90 Å². The van der Waals surface area contributed by atoms with Gasteiger partial charge in [0.15, 0.2) is 0 Å². The van der Waals surface area contributed by atoms with E-state index in [-0.39, 0.29) is 17.6 Å². The molecule has 1 aliphatic rings. The summed E-state index contributed by atoms with van der Waals surface area (Å²) in [6.45, 7) is 1.06. The topological polar surface area (TPSA) is 63.4 Å². The second-order valence-electron chi connectivity index (χ2n) is 6.08. The van der Waals surface area contributed by atoms with Gasteiger partial charge in [-0.25, -0.2) is 9.50 Å². The van der Waals surface area contributed by atoms with E-state index in [1.165, 1.54) is 17.5 Å². The van der Waals surface area contributed by atoms with Gasteiger partial charge in [-0.05, 0) is 30.4 Å². The average Bonchev–Trinajstić information content (AvgIpc) is 3.30. The summed E-state index contributed by atoms with van der Waals surface area (Å²) in [5.74, 6) is -1.47. The molecular weight excluding hydrogens is 367 g/mol. The van der Waals surface area contributed by atoms with E-state index in [4.69, 9.17) is 0 Å². The SMILES string of the molecule is O=C(c1cccs1)N1CCCC(c2ccnc3nc(C(F)(F)F)nn23)C1. The number of fused-ring (bicyclic) bond motifs is 1. The van der Waals surface area contributed by atoms with Crippen LogP contribution in [0.3, 0.4) is 0 Å². The summed E-state index contributed by atoms with van der Waals surface area (Å²) >= 11 is 1.38. The van der Waals surface area contributed by atoms with E-state index in [0.29, 0.717) is 23.7 Å². The molecular formula is C16H14F3N5OS. The zero-order chi connectivity index (χ0) is 18.3. The fourth-order valence-electron chi connectivity index (χ4n) is 3.20. The molecule has 1 saturated heterocycles. The largest absolute Gasteiger partial charge is 0.453 e. The first-order chi connectivity index (χ1) is 12.4. The van der Waals surface area contributed by atoms with Crippen LogP contribution in [0.4, 0.5) is 13.2 Å². The third-order valence-electron chi connectivity index (χ3n) is 4.38. The van der Waals surface area contributed by atoms with Gasteiger partial charge in [0.2, 0.25) is 0 Å². The molecule has 0 aromatic carbocycles. The first-order valence-electron chi connectivity index (χ1n) is 8.05. The number of alkyl halides is 3. The average molecular weight is 381 g/mol. The van der Waals surface area contributed by atoms with E-state index >= 15 is 0 Å². The fourth-order valence-corrected chi connectivity index (χ4v) is 3.89. The van der Waals surface area contributed by atoms with E-state index in [1.54, 1.807) is 17.0 Å². The quantitative estimate of drug-likeness (QED) is 0.684. The summed E-state index contributed by atoms with van der Waals surface area (Å²) in [4.78, 5) is 22.3. The number of piperidine rings is 1. The van der Waals surface area contributed by atoms with Gasteiger partial charge >= 0.3 is 6.18 Å². The van der Waals surface area contributed by atoms with E-state index in [2.05, 4.69) is 15.1 Å². The number of hydrogen-bond donors (Lipinski definition) is 0. The van der Waals surface area contributed by atoms with Crippen LogP contribution in [0.15, 0.2) is 29.8 Å². The summed E-state index contributed by atoms with van der Waals surface area (Å²) in [5.41, 5.74) is 0.585. The Morgan fingerprint density at radius 1 is 1.31 bits per heavy atom. The van der Waals surface area contributed by atoms with Crippen molar-refractivity contribution in [1.82, 2.24) is 24.5 Å². The molecule has 1 unspecified atom stereocenters. The van der Waals surface area contributed by atoms with E-state index in [0.717, 1.165) is 17.4 Å². The first kappa shape index (κ1) is 17.0. The lowest BCUT2D eigenvalue weighted by atomic mass is 9.94. The number of carbonyl (C=O) groups excluding carboxylic acids is 1. The van der Waals surface area contributed by atoms with Crippen LogP contribution in [-0.4, -0.2) is 43.5 Å². The van der Waals surface area contributed by atoms with Gasteiger partial charge in [-0.1, -0.05) is 6.07 Å². The number of hydrogen-bond acceptors (Lipinski definition) is 5. The molecule has 4 rings (SSSR count). The molecule has 0 saturated carbocycles. The highest BCUT2D eigenvalue weighted by atomic mass is 32.1. The first-order valence-corrected chi connectivity index (χ1v) is 8.93. The Morgan fingerprint density at radius 2 is 2.15 bits per heavy atom. The van der Waals surface area contributed by atoms with E-state index in [1.807, 2.05) is 11.4 Å². The van der Waals surface area contributed by atoms with Crippen molar-refractivity contribution in [3.63, 3.8) is 0 Å². The maximum Gasteiger partial charge on any atom is 0.453 e. The second kappa shape index (κ2) is 6.35. The van der Waals surface area contributed by atoms with Crippen LogP contribution >= 0.6 is 11.3 Å². The second-order valence-corrected chi connectivity index (χ2v) is 7.03. The maximum absolute atomic E-state index is 12.9. The summed E-state index contributed by atoms with van der Waals surface area (Å²) in [6.07, 6.45) is -1.67. The molecule has 1 amide bonds.